The Morgan fingerprint density at radius 1 is 1.25 bits per heavy atom. The van der Waals surface area contributed by atoms with Crippen molar-refractivity contribution in [1.29, 1.82) is 0 Å². The van der Waals surface area contributed by atoms with E-state index in [-0.39, 0.29) is 6.61 Å². The molecule has 7 nitrogen and oxygen atoms in total. The van der Waals surface area contributed by atoms with Gasteiger partial charge < -0.3 is 14.9 Å². The van der Waals surface area contributed by atoms with Gasteiger partial charge in [0.25, 0.3) is 5.56 Å². The molecule has 0 bridgehead atoms. The lowest BCUT2D eigenvalue weighted by atomic mass is 10.1. The first-order valence-electron chi connectivity index (χ1n) is 7.48. The van der Waals surface area contributed by atoms with Crippen molar-refractivity contribution in [3.63, 3.8) is 0 Å². The second kappa shape index (κ2) is 7.18. The molecule has 0 amide bonds. The first-order valence-corrected chi connectivity index (χ1v) is 8.72. The highest BCUT2D eigenvalue weighted by molar-refractivity contribution is 14.1. The molecule has 0 spiro atoms. The van der Waals surface area contributed by atoms with E-state index in [1.807, 2.05) is 52.9 Å². The third kappa shape index (κ3) is 3.32. The smallest absolute Gasteiger partial charge is 0.330 e. The maximum Gasteiger partial charge on any atom is 0.330 e. The molecule has 3 N–H and O–H groups in total. The summed E-state index contributed by atoms with van der Waals surface area (Å²) in [6.45, 7) is -0.341. The van der Waals surface area contributed by atoms with E-state index >= 15 is 0 Å². The second-order valence-electron chi connectivity index (χ2n) is 5.67. The van der Waals surface area contributed by atoms with Crippen LogP contribution in [0.2, 0.25) is 0 Å². The van der Waals surface area contributed by atoms with Gasteiger partial charge in [-0.05, 0) is 5.56 Å². The number of ether oxygens (including phenoxy) is 1. The maximum atomic E-state index is 12.2. The maximum absolute atomic E-state index is 12.2. The highest BCUT2D eigenvalue weighted by Crippen LogP contribution is 2.33. The quantitative estimate of drug-likeness (QED) is 0.461. The molecule has 4 atom stereocenters. The summed E-state index contributed by atoms with van der Waals surface area (Å²) >= 11 is 1.98. The van der Waals surface area contributed by atoms with E-state index in [0.717, 1.165) is 5.56 Å². The third-order valence-electron chi connectivity index (χ3n) is 4.03. The number of H-pyrrole nitrogens is 1. The van der Waals surface area contributed by atoms with Crippen LogP contribution in [0.4, 0.5) is 0 Å². The summed E-state index contributed by atoms with van der Waals surface area (Å²) < 4.78 is 6.43. The lowest BCUT2D eigenvalue weighted by Crippen LogP contribution is -2.37. The zero-order valence-corrected chi connectivity index (χ0v) is 14.8. The number of halogens is 1. The van der Waals surface area contributed by atoms with Gasteiger partial charge in [-0.15, -0.1) is 0 Å². The van der Waals surface area contributed by atoms with Crippen molar-refractivity contribution >= 4 is 22.6 Å². The standard InChI is InChI=1S/C16H17IN2O5/c17-12-13(21)11(8-20)24-15(12)19-7-10(14(22)18-16(19)23)6-9-4-2-1-3-5-9/h1-5,7,11-13,15,20-21H,6,8H2,(H,18,22,23)/t11-,12?,13-,15-/m1/s1. The Morgan fingerprint density at radius 2 is 1.96 bits per heavy atom. The average Bonchev–Trinajstić information content (AvgIpc) is 2.86. The normalized spacial score (nSPS) is 26.6. The molecule has 1 unspecified atom stereocenters. The van der Waals surface area contributed by atoms with Crippen molar-refractivity contribution in [3.05, 3.63) is 68.5 Å². The summed E-state index contributed by atoms with van der Waals surface area (Å²) in [7, 11) is 0. The van der Waals surface area contributed by atoms with Gasteiger partial charge in [0.15, 0.2) is 6.23 Å². The summed E-state index contributed by atoms with van der Waals surface area (Å²) in [6, 6.07) is 9.44. The second-order valence-corrected chi connectivity index (χ2v) is 7.10. The lowest BCUT2D eigenvalue weighted by molar-refractivity contribution is -0.0456. The minimum atomic E-state index is -0.892. The minimum Gasteiger partial charge on any atom is -0.394 e. The molecule has 2 heterocycles. The number of aliphatic hydroxyl groups excluding tert-OH is 2. The average molecular weight is 444 g/mol. The van der Waals surface area contributed by atoms with Gasteiger partial charge in [-0.1, -0.05) is 52.9 Å². The van der Waals surface area contributed by atoms with E-state index in [1.165, 1.54) is 10.8 Å². The molecule has 8 heteroatoms. The van der Waals surface area contributed by atoms with Crippen LogP contribution in [0.25, 0.3) is 0 Å². The van der Waals surface area contributed by atoms with Crippen molar-refractivity contribution in [2.24, 2.45) is 0 Å². The largest absolute Gasteiger partial charge is 0.394 e. The highest BCUT2D eigenvalue weighted by atomic mass is 127. The molecule has 1 saturated heterocycles. The summed E-state index contributed by atoms with van der Waals surface area (Å²) in [4.78, 5) is 26.5. The fraction of sp³-hybridized carbons (Fsp3) is 0.375. The van der Waals surface area contributed by atoms with Gasteiger partial charge in [-0.3, -0.25) is 14.3 Å². The number of nitrogens with one attached hydrogen (secondary N) is 1. The molecular formula is C16H17IN2O5. The zero-order valence-electron chi connectivity index (χ0n) is 12.6. The van der Waals surface area contributed by atoms with Crippen molar-refractivity contribution in [1.82, 2.24) is 9.55 Å². The van der Waals surface area contributed by atoms with Crippen LogP contribution < -0.4 is 11.2 Å². The van der Waals surface area contributed by atoms with Crippen molar-refractivity contribution in [3.8, 4) is 0 Å². The summed E-state index contributed by atoms with van der Waals surface area (Å²) in [6.07, 6.45) is -0.556. The van der Waals surface area contributed by atoms with Crippen LogP contribution in [-0.4, -0.2) is 42.5 Å². The molecule has 3 rings (SSSR count). The third-order valence-corrected chi connectivity index (χ3v) is 5.38. The molecular weight excluding hydrogens is 427 g/mol. The molecule has 0 saturated carbocycles. The fourth-order valence-electron chi connectivity index (χ4n) is 2.74. The Morgan fingerprint density at radius 3 is 2.58 bits per heavy atom. The van der Waals surface area contributed by atoms with E-state index < -0.39 is 33.6 Å². The van der Waals surface area contributed by atoms with E-state index in [4.69, 9.17) is 4.74 Å². The number of hydrogen-bond acceptors (Lipinski definition) is 5. The highest BCUT2D eigenvalue weighted by Gasteiger charge is 2.43. The number of hydrogen-bond donors (Lipinski definition) is 3. The topological polar surface area (TPSA) is 105 Å². The molecule has 1 aromatic heterocycles. The van der Waals surface area contributed by atoms with Gasteiger partial charge in [-0.25, -0.2) is 4.79 Å². The minimum absolute atomic E-state index is 0.341. The van der Waals surface area contributed by atoms with E-state index in [1.54, 1.807) is 0 Å². The Bertz CT molecular complexity index is 819. The molecule has 0 aliphatic carbocycles. The number of rotatable bonds is 4. The van der Waals surface area contributed by atoms with Gasteiger partial charge in [0.2, 0.25) is 0 Å². The number of nitrogens with zero attached hydrogens (tertiary/aromatic N) is 1. The Labute approximate surface area is 151 Å². The molecule has 128 valence electrons. The van der Waals surface area contributed by atoms with E-state index in [0.29, 0.717) is 12.0 Å². The lowest BCUT2D eigenvalue weighted by Gasteiger charge is -2.17. The van der Waals surface area contributed by atoms with Crippen LogP contribution in [-0.2, 0) is 11.2 Å². The van der Waals surface area contributed by atoms with Crippen LogP contribution >= 0.6 is 22.6 Å². The first-order chi connectivity index (χ1) is 11.5. The van der Waals surface area contributed by atoms with Crippen LogP contribution in [0.1, 0.15) is 17.4 Å². The SMILES string of the molecule is O=c1[nH]c(=O)n([C@@H]2O[C@H](CO)[C@@H](O)C2I)cc1Cc1ccccc1. The van der Waals surface area contributed by atoms with Gasteiger partial charge >= 0.3 is 5.69 Å². The molecule has 1 aliphatic rings. The molecule has 2 aromatic rings. The van der Waals surface area contributed by atoms with Crippen LogP contribution in [0.3, 0.4) is 0 Å². The van der Waals surface area contributed by atoms with E-state index in [2.05, 4.69) is 4.98 Å². The van der Waals surface area contributed by atoms with Crippen molar-refractivity contribution in [2.45, 2.75) is 28.8 Å². The Balaban J connectivity index is 1.96. The number of aromatic nitrogens is 2. The molecule has 0 radical (unpaired) electrons. The van der Waals surface area contributed by atoms with Crippen molar-refractivity contribution in [2.75, 3.05) is 6.61 Å². The predicted molar refractivity (Wildman–Crippen MR) is 95.4 cm³/mol. The summed E-state index contributed by atoms with van der Waals surface area (Å²) in [5, 5.41) is 19.3. The zero-order chi connectivity index (χ0) is 17.3. The molecule has 1 aromatic carbocycles. The first kappa shape index (κ1) is 17.3. The van der Waals surface area contributed by atoms with Gasteiger partial charge in [-0.2, -0.15) is 0 Å². The monoisotopic (exact) mass is 444 g/mol. The Hall–Kier alpha value is -1.49. The molecule has 1 aliphatic heterocycles. The fourth-order valence-corrected chi connectivity index (χ4v) is 3.72. The van der Waals surface area contributed by atoms with Crippen LogP contribution in [0.5, 0.6) is 0 Å². The van der Waals surface area contributed by atoms with Gasteiger partial charge in [0, 0.05) is 18.2 Å². The summed E-state index contributed by atoms with van der Waals surface area (Å²) in [5.74, 6) is 0. The van der Waals surface area contributed by atoms with Crippen LogP contribution in [0, 0.1) is 0 Å². The summed E-state index contributed by atoms with van der Waals surface area (Å²) in [5.41, 5.74) is 0.325. The van der Waals surface area contributed by atoms with E-state index in [9.17, 15) is 19.8 Å². The Kier molecular flexibility index (Phi) is 5.18. The van der Waals surface area contributed by atoms with Crippen LogP contribution in [0.15, 0.2) is 46.1 Å². The van der Waals surface area contributed by atoms with Gasteiger partial charge in [0.05, 0.1) is 16.6 Å². The van der Waals surface area contributed by atoms with Crippen molar-refractivity contribution < 1.29 is 14.9 Å². The molecule has 1 fully saturated rings. The predicted octanol–water partition coefficient (Wildman–Crippen LogP) is 0.182. The van der Waals surface area contributed by atoms with Gasteiger partial charge in [0.1, 0.15) is 6.10 Å². The number of aliphatic hydroxyl groups is 2. The number of aromatic amines is 1. The number of alkyl halides is 1. The molecule has 24 heavy (non-hydrogen) atoms. The number of benzene rings is 1.